The maximum absolute atomic E-state index is 12.9. The molecule has 0 heterocycles. The molecule has 2 aromatic rings. The molecule has 14 heteroatoms. The van der Waals surface area contributed by atoms with Crippen molar-refractivity contribution < 1.29 is 37.3 Å². The number of phenolic OH excluding ortho intramolecular Hbond substituents is 1. The summed E-state index contributed by atoms with van der Waals surface area (Å²) in [7, 11) is 0. The van der Waals surface area contributed by atoms with Gasteiger partial charge in [0.25, 0.3) is 0 Å². The van der Waals surface area contributed by atoms with E-state index in [1.54, 1.807) is 0 Å². The number of aromatic hydroxyl groups is 1. The van der Waals surface area contributed by atoms with Crippen molar-refractivity contribution in [1.82, 2.24) is 0 Å². The van der Waals surface area contributed by atoms with E-state index in [4.69, 9.17) is 33.2 Å². The molecule has 0 aliphatic rings. The minimum atomic E-state index is -4.82. The molecule has 0 unspecified atom stereocenters. The summed E-state index contributed by atoms with van der Waals surface area (Å²) in [6.45, 7) is 0. The molecule has 162 valence electrons. The van der Waals surface area contributed by atoms with Gasteiger partial charge in [0.2, 0.25) is 5.71 Å². The number of phenols is 1. The highest BCUT2D eigenvalue weighted by Crippen LogP contribution is 2.42. The number of nitrogens with zero attached hydrogens (tertiary/aromatic N) is 2. The Morgan fingerprint density at radius 2 is 1.81 bits per heavy atom. The van der Waals surface area contributed by atoms with Gasteiger partial charge in [-0.3, -0.25) is 5.43 Å². The second-order valence-corrected chi connectivity index (χ2v) is 6.25. The number of primary amides is 1. The third kappa shape index (κ3) is 6.14. The van der Waals surface area contributed by atoms with Crippen LogP contribution in [0.2, 0.25) is 10.0 Å². The van der Waals surface area contributed by atoms with Crippen LogP contribution in [0.4, 0.5) is 23.7 Å². The van der Waals surface area contributed by atoms with Gasteiger partial charge < -0.3 is 20.3 Å². The van der Waals surface area contributed by atoms with Gasteiger partial charge in [-0.25, -0.2) is 9.59 Å². The van der Waals surface area contributed by atoms with Crippen molar-refractivity contribution in [3.63, 3.8) is 0 Å². The average Bonchev–Trinajstić information content (AvgIpc) is 2.65. The van der Waals surface area contributed by atoms with E-state index in [0.29, 0.717) is 6.07 Å². The smallest absolute Gasteiger partial charge is 0.420 e. The Morgan fingerprint density at radius 3 is 2.32 bits per heavy atom. The maximum atomic E-state index is 12.9. The van der Waals surface area contributed by atoms with E-state index >= 15 is 0 Å². The average molecular weight is 477 g/mol. The number of rotatable bonds is 5. The molecule has 2 aromatic carbocycles. The van der Waals surface area contributed by atoms with E-state index in [2.05, 4.69) is 21.0 Å². The molecular formula is C17H9Cl2F3N4O5. The summed E-state index contributed by atoms with van der Waals surface area (Å²) >= 11 is 12.1. The van der Waals surface area contributed by atoms with E-state index < -0.39 is 35.3 Å². The highest BCUT2D eigenvalue weighted by molar-refractivity contribution is 6.44. The Morgan fingerprint density at radius 1 is 1.19 bits per heavy atom. The maximum Gasteiger partial charge on any atom is 0.420 e. The molecule has 9 nitrogen and oxygen atoms in total. The van der Waals surface area contributed by atoms with Gasteiger partial charge in [0, 0.05) is 0 Å². The van der Waals surface area contributed by atoms with Crippen LogP contribution in [0.3, 0.4) is 0 Å². The van der Waals surface area contributed by atoms with Crippen molar-refractivity contribution in [3.05, 3.63) is 45.9 Å². The Balaban J connectivity index is 2.27. The number of nitriles is 1. The first kappa shape index (κ1) is 23.6. The van der Waals surface area contributed by atoms with E-state index in [1.165, 1.54) is 18.2 Å². The molecule has 0 saturated heterocycles. The second-order valence-electron chi connectivity index (χ2n) is 5.44. The summed E-state index contributed by atoms with van der Waals surface area (Å²) in [5.41, 5.74) is 4.80. The lowest BCUT2D eigenvalue weighted by Crippen LogP contribution is -2.24. The third-order valence-corrected chi connectivity index (χ3v) is 3.84. The number of carbonyl (C=O) groups is 2. The lowest BCUT2D eigenvalue weighted by molar-refractivity contribution is -0.138. The molecule has 1 amide bonds. The molecule has 0 fully saturated rings. The number of alkyl halides is 3. The zero-order chi connectivity index (χ0) is 23.3. The molecule has 0 aliphatic heterocycles. The topological polar surface area (TPSA) is 147 Å². The fourth-order valence-corrected chi connectivity index (χ4v) is 2.59. The molecule has 0 radical (unpaired) electrons. The number of anilines is 1. The predicted molar refractivity (Wildman–Crippen MR) is 102 cm³/mol. The van der Waals surface area contributed by atoms with Crippen LogP contribution in [-0.2, 0) is 15.7 Å². The SMILES string of the molecule is N#CC(=NNc1cc(Cl)c(Oc2ccc(O)c(C(F)(F)F)c2)c(Cl)c1)C(=O)OC(N)=O. The Labute approximate surface area is 181 Å². The number of ether oxygens (including phenoxy) is 2. The summed E-state index contributed by atoms with van der Waals surface area (Å²) in [5, 5.41) is 21.3. The predicted octanol–water partition coefficient (Wildman–Crippen LogP) is 4.42. The number of hydrogen-bond acceptors (Lipinski definition) is 8. The zero-order valence-corrected chi connectivity index (χ0v) is 16.3. The van der Waals surface area contributed by atoms with Crippen molar-refractivity contribution in [2.45, 2.75) is 6.18 Å². The van der Waals surface area contributed by atoms with E-state index in [-0.39, 0.29) is 27.2 Å². The third-order valence-electron chi connectivity index (χ3n) is 3.28. The van der Waals surface area contributed by atoms with E-state index in [1.807, 2.05) is 0 Å². The molecule has 0 saturated carbocycles. The largest absolute Gasteiger partial charge is 0.507 e. The zero-order valence-electron chi connectivity index (χ0n) is 14.8. The minimum absolute atomic E-state index is 0.0451. The molecular weight excluding hydrogens is 468 g/mol. The number of hydrazone groups is 1. The highest BCUT2D eigenvalue weighted by Gasteiger charge is 2.34. The monoisotopic (exact) mass is 476 g/mol. The number of amides is 1. The van der Waals surface area contributed by atoms with Gasteiger partial charge in [0.1, 0.15) is 23.1 Å². The van der Waals surface area contributed by atoms with Crippen molar-refractivity contribution >= 4 is 46.7 Å². The molecule has 0 aliphatic carbocycles. The molecule has 31 heavy (non-hydrogen) atoms. The van der Waals surface area contributed by atoms with Gasteiger partial charge in [-0.05, 0) is 30.3 Å². The lowest BCUT2D eigenvalue weighted by atomic mass is 10.2. The Bertz CT molecular complexity index is 1090. The quantitative estimate of drug-likeness (QED) is 0.250. The second kappa shape index (κ2) is 9.41. The van der Waals surface area contributed by atoms with Crippen LogP contribution in [0.5, 0.6) is 17.2 Å². The highest BCUT2D eigenvalue weighted by atomic mass is 35.5. The standard InChI is InChI=1S/C17H9Cl2F3N4O5/c18-10-3-7(25-26-12(6-23)15(28)31-16(24)29)4-11(19)14(10)30-8-1-2-13(27)9(5-8)17(20,21)22/h1-5,25,27H,(H2,24,29). The number of halogens is 5. The van der Waals surface area contributed by atoms with Crippen molar-refractivity contribution in [3.8, 4) is 23.3 Å². The van der Waals surface area contributed by atoms with Crippen LogP contribution < -0.4 is 15.9 Å². The molecule has 0 spiro atoms. The first-order chi connectivity index (χ1) is 14.4. The summed E-state index contributed by atoms with van der Waals surface area (Å²) in [5.74, 6) is -2.93. The number of nitrogens with two attached hydrogens (primary N) is 1. The van der Waals surface area contributed by atoms with Gasteiger partial charge in [0.15, 0.2) is 5.75 Å². The first-order valence-electron chi connectivity index (χ1n) is 7.75. The summed E-state index contributed by atoms with van der Waals surface area (Å²) < 4.78 is 48.0. The summed E-state index contributed by atoms with van der Waals surface area (Å²) in [6, 6.07) is 6.13. The summed E-state index contributed by atoms with van der Waals surface area (Å²) in [4.78, 5) is 22.0. The Kier molecular flexibility index (Phi) is 7.16. The number of nitrogens with one attached hydrogen (secondary N) is 1. The first-order valence-corrected chi connectivity index (χ1v) is 8.50. The fraction of sp³-hybridized carbons (Fsp3) is 0.0588. The number of esters is 1. The number of hydrogen-bond donors (Lipinski definition) is 3. The molecule has 2 rings (SSSR count). The normalized spacial score (nSPS) is 11.4. The lowest BCUT2D eigenvalue weighted by Gasteiger charge is -2.14. The van der Waals surface area contributed by atoms with Crippen LogP contribution in [-0.4, -0.2) is 22.9 Å². The van der Waals surface area contributed by atoms with E-state index in [9.17, 15) is 27.9 Å². The van der Waals surface area contributed by atoms with Crippen LogP contribution in [0.15, 0.2) is 35.4 Å². The Hall–Kier alpha value is -3.69. The van der Waals surface area contributed by atoms with Crippen molar-refractivity contribution in [1.29, 1.82) is 5.26 Å². The fourth-order valence-electron chi connectivity index (χ4n) is 2.02. The number of carbonyl (C=O) groups excluding carboxylic acids is 2. The van der Waals surface area contributed by atoms with Gasteiger partial charge in [0.05, 0.1) is 15.7 Å². The van der Waals surface area contributed by atoms with Gasteiger partial charge in [-0.2, -0.15) is 23.5 Å². The molecule has 4 N–H and O–H groups in total. The van der Waals surface area contributed by atoms with Crippen molar-refractivity contribution in [2.75, 3.05) is 5.43 Å². The minimum Gasteiger partial charge on any atom is -0.507 e. The van der Waals surface area contributed by atoms with Gasteiger partial charge in [-0.15, -0.1) is 0 Å². The van der Waals surface area contributed by atoms with Crippen LogP contribution in [0, 0.1) is 11.3 Å². The van der Waals surface area contributed by atoms with Crippen molar-refractivity contribution in [2.24, 2.45) is 10.8 Å². The van der Waals surface area contributed by atoms with Crippen LogP contribution in [0.1, 0.15) is 5.56 Å². The molecule has 0 atom stereocenters. The van der Waals surface area contributed by atoms with Gasteiger partial charge >= 0.3 is 18.2 Å². The van der Waals surface area contributed by atoms with E-state index in [0.717, 1.165) is 12.1 Å². The van der Waals surface area contributed by atoms with Crippen LogP contribution in [0.25, 0.3) is 0 Å². The number of benzene rings is 2. The van der Waals surface area contributed by atoms with Gasteiger partial charge in [-0.1, -0.05) is 23.2 Å². The van der Waals surface area contributed by atoms with Crippen LogP contribution >= 0.6 is 23.2 Å². The summed E-state index contributed by atoms with van der Waals surface area (Å²) in [6.07, 6.45) is -6.26. The molecule has 0 bridgehead atoms. The molecule has 0 aromatic heterocycles.